The van der Waals surface area contributed by atoms with E-state index in [9.17, 15) is 0 Å². The van der Waals surface area contributed by atoms with Gasteiger partial charge >= 0.3 is 0 Å². The van der Waals surface area contributed by atoms with Crippen molar-refractivity contribution in [3.63, 3.8) is 0 Å². The summed E-state index contributed by atoms with van der Waals surface area (Å²) in [5.74, 6) is 2.59. The van der Waals surface area contributed by atoms with Gasteiger partial charge in [0.05, 0.1) is 7.11 Å². The Balaban J connectivity index is 1.89. The van der Waals surface area contributed by atoms with Gasteiger partial charge in [0.15, 0.2) is 0 Å². The normalized spacial score (nSPS) is 31.0. The number of hydrogen-bond acceptors (Lipinski definition) is 1. The summed E-state index contributed by atoms with van der Waals surface area (Å²) in [5, 5.41) is 2.76. The Bertz CT molecular complexity index is 702. The Morgan fingerprint density at radius 3 is 2.81 bits per heavy atom. The zero-order chi connectivity index (χ0) is 14.6. The van der Waals surface area contributed by atoms with Crippen LogP contribution >= 0.6 is 0 Å². The quantitative estimate of drug-likeness (QED) is 0.687. The van der Waals surface area contributed by atoms with Crippen LogP contribution < -0.4 is 4.74 Å². The molecule has 0 N–H and O–H groups in total. The second-order valence-corrected chi connectivity index (χ2v) is 7.26. The van der Waals surface area contributed by atoms with Crippen LogP contribution in [0.4, 0.5) is 0 Å². The molecule has 0 radical (unpaired) electrons. The molecule has 0 saturated heterocycles. The predicted octanol–water partition coefficient (Wildman–Crippen LogP) is 5.31. The van der Waals surface area contributed by atoms with Crippen molar-refractivity contribution >= 4 is 10.8 Å². The van der Waals surface area contributed by atoms with Gasteiger partial charge in [-0.2, -0.15) is 0 Å². The van der Waals surface area contributed by atoms with Crippen LogP contribution in [0.25, 0.3) is 10.8 Å². The minimum atomic E-state index is 0.521. The van der Waals surface area contributed by atoms with Gasteiger partial charge in [-0.15, -0.1) is 0 Å². The molecular formula is C20H24O. The molecule has 21 heavy (non-hydrogen) atoms. The van der Waals surface area contributed by atoms with Gasteiger partial charge in [-0.1, -0.05) is 32.0 Å². The van der Waals surface area contributed by atoms with Crippen LogP contribution in [0.2, 0.25) is 0 Å². The lowest BCUT2D eigenvalue weighted by atomic mass is 9.63. The van der Waals surface area contributed by atoms with Gasteiger partial charge in [0.1, 0.15) is 5.75 Å². The lowest BCUT2D eigenvalue weighted by molar-refractivity contribution is 0.186. The molecule has 1 nitrogen and oxygen atoms in total. The van der Waals surface area contributed by atoms with Crippen molar-refractivity contribution in [3.8, 4) is 5.75 Å². The molecule has 2 aliphatic rings. The van der Waals surface area contributed by atoms with Gasteiger partial charge in [0.25, 0.3) is 0 Å². The van der Waals surface area contributed by atoms with Crippen molar-refractivity contribution in [1.82, 2.24) is 0 Å². The summed E-state index contributed by atoms with van der Waals surface area (Å²) < 4.78 is 5.37. The van der Waals surface area contributed by atoms with Crippen molar-refractivity contribution in [2.45, 2.75) is 45.4 Å². The molecule has 1 saturated carbocycles. The molecule has 1 heteroatoms. The fourth-order valence-electron chi connectivity index (χ4n) is 4.87. The molecule has 0 spiro atoms. The van der Waals surface area contributed by atoms with E-state index in [4.69, 9.17) is 4.74 Å². The molecule has 0 unspecified atom stereocenters. The Hall–Kier alpha value is -1.50. The zero-order valence-electron chi connectivity index (χ0n) is 13.3. The molecule has 110 valence electrons. The van der Waals surface area contributed by atoms with Crippen molar-refractivity contribution in [2.75, 3.05) is 7.11 Å². The SMILES string of the molecule is COc1ccc2c3c(ccc2c1)[C@H]1CC[C@H](C)[C@@]1(C)CC3. The lowest BCUT2D eigenvalue weighted by Crippen LogP contribution is -2.31. The second-order valence-electron chi connectivity index (χ2n) is 7.26. The highest BCUT2D eigenvalue weighted by molar-refractivity contribution is 5.88. The molecule has 0 aliphatic heterocycles. The number of ether oxygens (including phenoxy) is 1. The maximum absolute atomic E-state index is 5.37. The van der Waals surface area contributed by atoms with Crippen LogP contribution in [-0.4, -0.2) is 7.11 Å². The Morgan fingerprint density at radius 2 is 2.00 bits per heavy atom. The molecule has 0 amide bonds. The third-order valence-corrected chi connectivity index (χ3v) is 6.47. The summed E-state index contributed by atoms with van der Waals surface area (Å²) in [4.78, 5) is 0. The van der Waals surface area contributed by atoms with Crippen molar-refractivity contribution in [1.29, 1.82) is 0 Å². The highest BCUT2D eigenvalue weighted by Gasteiger charge is 2.47. The summed E-state index contributed by atoms with van der Waals surface area (Å²) in [5.41, 5.74) is 3.75. The molecule has 3 atom stereocenters. The summed E-state index contributed by atoms with van der Waals surface area (Å²) >= 11 is 0. The Labute approximate surface area is 127 Å². The average molecular weight is 280 g/mol. The molecule has 2 aliphatic carbocycles. The molecule has 2 aromatic rings. The first-order valence-corrected chi connectivity index (χ1v) is 8.23. The first-order chi connectivity index (χ1) is 10.1. The van der Waals surface area contributed by atoms with Gasteiger partial charge in [0, 0.05) is 0 Å². The molecule has 0 heterocycles. The maximum Gasteiger partial charge on any atom is 0.119 e. The summed E-state index contributed by atoms with van der Waals surface area (Å²) in [6.07, 6.45) is 5.33. The van der Waals surface area contributed by atoms with E-state index in [0.29, 0.717) is 5.41 Å². The molecular weight excluding hydrogens is 256 g/mol. The van der Waals surface area contributed by atoms with E-state index in [1.165, 1.54) is 36.5 Å². The number of rotatable bonds is 1. The third-order valence-electron chi connectivity index (χ3n) is 6.47. The predicted molar refractivity (Wildman–Crippen MR) is 88.1 cm³/mol. The highest BCUT2D eigenvalue weighted by atomic mass is 16.5. The molecule has 0 bridgehead atoms. The highest BCUT2D eigenvalue weighted by Crippen LogP contribution is 2.59. The molecule has 1 fully saturated rings. The van der Waals surface area contributed by atoms with Gasteiger partial charge in [-0.25, -0.2) is 0 Å². The summed E-state index contributed by atoms with van der Waals surface area (Å²) in [6.45, 7) is 4.98. The van der Waals surface area contributed by atoms with E-state index in [1.807, 2.05) is 0 Å². The zero-order valence-corrected chi connectivity index (χ0v) is 13.3. The molecule has 4 rings (SSSR count). The van der Waals surface area contributed by atoms with E-state index in [0.717, 1.165) is 17.6 Å². The van der Waals surface area contributed by atoms with Crippen molar-refractivity contribution in [2.24, 2.45) is 11.3 Å². The van der Waals surface area contributed by atoms with Crippen LogP contribution in [0.3, 0.4) is 0 Å². The van der Waals surface area contributed by atoms with E-state index in [-0.39, 0.29) is 0 Å². The average Bonchev–Trinajstić information content (AvgIpc) is 2.82. The minimum absolute atomic E-state index is 0.521. The fraction of sp³-hybridized carbons (Fsp3) is 0.500. The van der Waals surface area contributed by atoms with Crippen molar-refractivity contribution in [3.05, 3.63) is 41.5 Å². The van der Waals surface area contributed by atoms with Crippen molar-refractivity contribution < 1.29 is 4.74 Å². The first-order valence-electron chi connectivity index (χ1n) is 8.23. The van der Waals surface area contributed by atoms with Crippen LogP contribution in [0.5, 0.6) is 5.75 Å². The molecule has 0 aromatic heterocycles. The monoisotopic (exact) mass is 280 g/mol. The summed E-state index contributed by atoms with van der Waals surface area (Å²) in [7, 11) is 1.74. The fourth-order valence-corrected chi connectivity index (χ4v) is 4.87. The van der Waals surface area contributed by atoms with E-state index in [1.54, 1.807) is 18.2 Å². The third kappa shape index (κ3) is 1.76. The minimum Gasteiger partial charge on any atom is -0.497 e. The van der Waals surface area contributed by atoms with E-state index in [2.05, 4.69) is 44.2 Å². The van der Waals surface area contributed by atoms with Gasteiger partial charge in [0.2, 0.25) is 0 Å². The Kier molecular flexibility index (Phi) is 2.82. The Morgan fingerprint density at radius 1 is 1.14 bits per heavy atom. The van der Waals surface area contributed by atoms with Gasteiger partial charge < -0.3 is 4.74 Å². The topological polar surface area (TPSA) is 9.23 Å². The first kappa shape index (κ1) is 13.2. The lowest BCUT2D eigenvalue weighted by Gasteiger charge is -2.41. The van der Waals surface area contributed by atoms with Crippen LogP contribution in [0, 0.1) is 11.3 Å². The van der Waals surface area contributed by atoms with E-state index < -0.39 is 0 Å². The number of aryl methyl sites for hydroxylation is 1. The largest absolute Gasteiger partial charge is 0.497 e. The van der Waals surface area contributed by atoms with E-state index >= 15 is 0 Å². The van der Waals surface area contributed by atoms with Crippen LogP contribution in [-0.2, 0) is 6.42 Å². The number of fused-ring (bicyclic) bond motifs is 5. The molecule has 2 aromatic carbocycles. The van der Waals surface area contributed by atoms with Crippen LogP contribution in [0.1, 0.15) is 50.2 Å². The summed E-state index contributed by atoms with van der Waals surface area (Å²) in [6, 6.07) is 11.2. The second kappa shape index (κ2) is 4.50. The number of hydrogen-bond donors (Lipinski definition) is 0. The van der Waals surface area contributed by atoms with Gasteiger partial charge in [-0.05, 0) is 77.0 Å². The number of methoxy groups -OCH3 is 1. The van der Waals surface area contributed by atoms with Crippen LogP contribution in [0.15, 0.2) is 30.3 Å². The number of benzene rings is 2. The maximum atomic E-state index is 5.37. The smallest absolute Gasteiger partial charge is 0.119 e. The standard InChI is InChI=1S/C20H24O/c1-13-4-9-19-18-7-5-14-12-15(21-3)6-8-16(14)17(18)10-11-20(13,19)2/h5-8,12-13,19H,4,9-11H2,1-3H3/t13-,19+,20+/m0/s1. The van der Waals surface area contributed by atoms with Gasteiger partial charge in [-0.3, -0.25) is 0 Å².